The Morgan fingerprint density at radius 3 is 2.41 bits per heavy atom. The summed E-state index contributed by atoms with van der Waals surface area (Å²) in [7, 11) is 2.15. The third-order valence-corrected chi connectivity index (χ3v) is 7.07. The van der Waals surface area contributed by atoms with Gasteiger partial charge in [0.1, 0.15) is 10.6 Å². The maximum absolute atomic E-state index is 12.9. The van der Waals surface area contributed by atoms with Gasteiger partial charge in [0.2, 0.25) is 10.0 Å². The quantitative estimate of drug-likeness (QED) is 0.748. The van der Waals surface area contributed by atoms with E-state index in [0.29, 0.717) is 25.3 Å². The molecule has 0 unspecified atom stereocenters. The molecule has 158 valence electrons. The summed E-state index contributed by atoms with van der Waals surface area (Å²) in [5, 5.41) is 2.93. The Balaban J connectivity index is 1.73. The smallest absolute Gasteiger partial charge is 0.268 e. The minimum absolute atomic E-state index is 0.181. The Bertz CT molecular complexity index is 960. The van der Waals surface area contributed by atoms with Crippen LogP contribution < -0.4 is 5.32 Å². The van der Waals surface area contributed by atoms with Crippen molar-refractivity contribution < 1.29 is 13.2 Å². The average molecular weight is 419 g/mol. The number of carbonyl (C=O) groups excluding carboxylic acids is 1. The van der Waals surface area contributed by atoms with Crippen molar-refractivity contribution in [3.8, 4) is 0 Å². The van der Waals surface area contributed by atoms with E-state index in [9.17, 15) is 13.2 Å². The zero-order valence-corrected chi connectivity index (χ0v) is 18.2. The number of hydrogen-bond donors (Lipinski definition) is 1. The van der Waals surface area contributed by atoms with Gasteiger partial charge in [-0.15, -0.1) is 0 Å². The lowest BCUT2D eigenvalue weighted by atomic mass is 10.1. The number of nitrogens with one attached hydrogen (secondary N) is 1. The fourth-order valence-corrected chi connectivity index (χ4v) is 5.24. The first kappa shape index (κ1) is 21.5. The molecule has 0 radical (unpaired) electrons. The molecule has 1 aromatic carbocycles. The van der Waals surface area contributed by atoms with Crippen molar-refractivity contribution in [2.45, 2.75) is 37.2 Å². The minimum atomic E-state index is -3.56. The molecule has 0 bridgehead atoms. The van der Waals surface area contributed by atoms with Gasteiger partial charge >= 0.3 is 0 Å². The van der Waals surface area contributed by atoms with Crippen LogP contribution in [-0.4, -0.2) is 55.3 Å². The molecule has 2 aromatic rings. The van der Waals surface area contributed by atoms with Crippen LogP contribution in [0, 0.1) is 0 Å². The van der Waals surface area contributed by atoms with Crippen molar-refractivity contribution in [3.05, 3.63) is 53.3 Å². The molecule has 1 aromatic heterocycles. The molecule has 0 aliphatic carbocycles. The molecule has 1 amide bonds. The van der Waals surface area contributed by atoms with Gasteiger partial charge in [0, 0.05) is 39.4 Å². The van der Waals surface area contributed by atoms with E-state index >= 15 is 0 Å². The van der Waals surface area contributed by atoms with Crippen LogP contribution in [0.15, 0.2) is 41.4 Å². The summed E-state index contributed by atoms with van der Waals surface area (Å²) in [5.41, 5.74) is 2.54. The number of sulfonamides is 1. The molecule has 29 heavy (non-hydrogen) atoms. The normalized spacial score (nSPS) is 15.6. The first-order valence-corrected chi connectivity index (χ1v) is 11.4. The minimum Gasteiger partial charge on any atom is -0.347 e. The number of aryl methyl sites for hydroxylation is 1. The molecule has 8 heteroatoms. The topological polar surface area (TPSA) is 74.7 Å². The molecule has 1 aliphatic heterocycles. The summed E-state index contributed by atoms with van der Waals surface area (Å²) >= 11 is 0. The van der Waals surface area contributed by atoms with Crippen LogP contribution in [0.2, 0.25) is 0 Å². The lowest BCUT2D eigenvalue weighted by molar-refractivity contribution is 0.0942. The van der Waals surface area contributed by atoms with Gasteiger partial charge < -0.3 is 14.8 Å². The molecule has 0 atom stereocenters. The van der Waals surface area contributed by atoms with Gasteiger partial charge in [-0.05, 0) is 44.1 Å². The van der Waals surface area contributed by atoms with Crippen molar-refractivity contribution in [1.82, 2.24) is 19.1 Å². The van der Waals surface area contributed by atoms with Crippen LogP contribution in [0.1, 0.15) is 40.9 Å². The molecular formula is C21H30N4O3S. The summed E-state index contributed by atoms with van der Waals surface area (Å²) < 4.78 is 28.9. The summed E-state index contributed by atoms with van der Waals surface area (Å²) in [6.07, 6.45) is 4.35. The Kier molecular flexibility index (Phi) is 6.77. The molecule has 7 nitrogen and oxygen atoms in total. The van der Waals surface area contributed by atoms with Gasteiger partial charge in [-0.1, -0.05) is 30.7 Å². The first-order chi connectivity index (χ1) is 13.8. The summed E-state index contributed by atoms with van der Waals surface area (Å²) in [6.45, 7) is 2.26. The van der Waals surface area contributed by atoms with Gasteiger partial charge in [-0.3, -0.25) is 4.79 Å². The molecular weight excluding hydrogens is 388 g/mol. The highest BCUT2D eigenvalue weighted by Gasteiger charge is 2.28. The summed E-state index contributed by atoms with van der Waals surface area (Å²) in [5.74, 6) is -0.285. The predicted molar refractivity (Wildman–Crippen MR) is 113 cm³/mol. The fourth-order valence-electron chi connectivity index (χ4n) is 3.65. The maximum Gasteiger partial charge on any atom is 0.268 e. The second kappa shape index (κ2) is 9.11. The zero-order valence-electron chi connectivity index (χ0n) is 17.4. The highest BCUT2D eigenvalue weighted by molar-refractivity contribution is 7.89. The standard InChI is InChI=1S/C21H30N4O3S/c1-23(2)15-18-10-6-5-9-17(18)14-22-21(26)20-13-19(16-24(20)3)29(27,28)25-11-7-4-8-12-25/h5-6,9-10,13,16H,4,7-8,11-12,14-15H2,1-3H3,(H,22,26). The van der Waals surface area contributed by atoms with Gasteiger partial charge in [-0.25, -0.2) is 8.42 Å². The maximum atomic E-state index is 12.9. The van der Waals surface area contributed by atoms with Crippen molar-refractivity contribution in [3.63, 3.8) is 0 Å². The number of hydrogen-bond acceptors (Lipinski definition) is 4. The Labute approximate surface area is 173 Å². The lowest BCUT2D eigenvalue weighted by Crippen LogP contribution is -2.35. The Hall–Kier alpha value is -2.16. The third kappa shape index (κ3) is 5.07. The van der Waals surface area contributed by atoms with Gasteiger partial charge in [0.25, 0.3) is 5.91 Å². The van der Waals surface area contributed by atoms with E-state index in [-0.39, 0.29) is 10.8 Å². The van der Waals surface area contributed by atoms with Crippen LogP contribution in [0.25, 0.3) is 0 Å². The van der Waals surface area contributed by atoms with E-state index in [1.54, 1.807) is 11.6 Å². The molecule has 1 N–H and O–H groups in total. The van der Waals surface area contributed by atoms with E-state index < -0.39 is 10.0 Å². The van der Waals surface area contributed by atoms with Gasteiger partial charge in [-0.2, -0.15) is 4.31 Å². The predicted octanol–water partition coefficient (Wildman–Crippen LogP) is 2.19. The number of amides is 1. The van der Waals surface area contributed by atoms with E-state index in [1.165, 1.54) is 16.6 Å². The van der Waals surface area contributed by atoms with Crippen LogP contribution >= 0.6 is 0 Å². The largest absolute Gasteiger partial charge is 0.347 e. The van der Waals surface area contributed by atoms with E-state index in [4.69, 9.17) is 0 Å². The molecule has 2 heterocycles. The summed E-state index contributed by atoms with van der Waals surface area (Å²) in [4.78, 5) is 15.0. The number of rotatable bonds is 7. The molecule has 1 aliphatic rings. The number of piperidine rings is 1. The second-order valence-electron chi connectivity index (χ2n) is 7.83. The van der Waals surface area contributed by atoms with Crippen LogP contribution in [-0.2, 0) is 30.2 Å². The van der Waals surface area contributed by atoms with E-state index in [2.05, 4.69) is 10.2 Å². The van der Waals surface area contributed by atoms with Crippen molar-refractivity contribution in [2.75, 3.05) is 27.2 Å². The Morgan fingerprint density at radius 2 is 1.76 bits per heavy atom. The average Bonchev–Trinajstić information content (AvgIpc) is 3.10. The van der Waals surface area contributed by atoms with Crippen molar-refractivity contribution in [1.29, 1.82) is 0 Å². The number of aromatic nitrogens is 1. The fraction of sp³-hybridized carbons (Fsp3) is 0.476. The molecule has 0 spiro atoms. The number of nitrogens with zero attached hydrogens (tertiary/aromatic N) is 3. The van der Waals surface area contributed by atoms with Crippen LogP contribution in [0.3, 0.4) is 0 Å². The molecule has 1 fully saturated rings. The molecule has 1 saturated heterocycles. The van der Waals surface area contributed by atoms with Crippen molar-refractivity contribution >= 4 is 15.9 Å². The molecule has 0 saturated carbocycles. The first-order valence-electron chi connectivity index (χ1n) is 9.95. The number of benzene rings is 1. The third-order valence-electron chi connectivity index (χ3n) is 5.21. The van der Waals surface area contributed by atoms with Gasteiger partial charge in [0.15, 0.2) is 0 Å². The number of carbonyl (C=O) groups is 1. The monoisotopic (exact) mass is 418 g/mol. The second-order valence-corrected chi connectivity index (χ2v) is 9.76. The van der Waals surface area contributed by atoms with Gasteiger partial charge in [0.05, 0.1) is 0 Å². The Morgan fingerprint density at radius 1 is 1.10 bits per heavy atom. The van der Waals surface area contributed by atoms with Crippen LogP contribution in [0.5, 0.6) is 0 Å². The molecule has 3 rings (SSSR count). The van der Waals surface area contributed by atoms with Crippen LogP contribution in [0.4, 0.5) is 0 Å². The highest BCUT2D eigenvalue weighted by Crippen LogP contribution is 2.22. The van der Waals surface area contributed by atoms with E-state index in [0.717, 1.165) is 36.9 Å². The van der Waals surface area contributed by atoms with E-state index in [1.807, 2.05) is 38.4 Å². The zero-order chi connectivity index (χ0) is 21.0. The SMILES string of the molecule is CN(C)Cc1ccccc1CNC(=O)c1cc(S(=O)(=O)N2CCCCC2)cn1C. The highest BCUT2D eigenvalue weighted by atomic mass is 32.2. The lowest BCUT2D eigenvalue weighted by Gasteiger charge is -2.25. The summed E-state index contributed by atoms with van der Waals surface area (Å²) in [6, 6.07) is 9.46. The van der Waals surface area contributed by atoms with Crippen molar-refractivity contribution in [2.24, 2.45) is 7.05 Å².